The maximum Gasteiger partial charge on any atom is 0.231 e. The first-order valence-electron chi connectivity index (χ1n) is 9.29. The minimum absolute atomic E-state index is 0.0405. The number of hydrogen-bond donors (Lipinski definition) is 1. The molecule has 0 unspecified atom stereocenters. The van der Waals surface area contributed by atoms with Gasteiger partial charge in [0.2, 0.25) is 11.8 Å². The zero-order valence-corrected chi connectivity index (χ0v) is 16.7. The van der Waals surface area contributed by atoms with E-state index in [1.54, 1.807) is 24.1 Å². The van der Waals surface area contributed by atoms with E-state index in [1.165, 1.54) is 23.5 Å². The summed E-state index contributed by atoms with van der Waals surface area (Å²) in [7, 11) is 1.60. The molecule has 4 rings (SSSR count). The lowest BCUT2D eigenvalue weighted by Crippen LogP contribution is -2.30. The Morgan fingerprint density at radius 2 is 2.10 bits per heavy atom. The van der Waals surface area contributed by atoms with Crippen molar-refractivity contribution >= 4 is 38.5 Å². The van der Waals surface area contributed by atoms with Gasteiger partial charge in [-0.2, -0.15) is 0 Å². The molecule has 1 aromatic heterocycles. The highest BCUT2D eigenvalue weighted by molar-refractivity contribution is 7.22. The maximum absolute atomic E-state index is 13.0. The van der Waals surface area contributed by atoms with Gasteiger partial charge in [-0.3, -0.25) is 9.59 Å². The van der Waals surface area contributed by atoms with Gasteiger partial charge in [-0.1, -0.05) is 23.5 Å². The third kappa shape index (κ3) is 4.37. The molecule has 1 N–H and O–H groups in total. The molecule has 0 radical (unpaired) electrons. The monoisotopic (exact) mass is 413 g/mol. The molecule has 1 fully saturated rings. The van der Waals surface area contributed by atoms with Gasteiger partial charge in [0.25, 0.3) is 0 Å². The Morgan fingerprint density at radius 1 is 1.31 bits per heavy atom. The number of fused-ring (bicyclic) bond motifs is 1. The van der Waals surface area contributed by atoms with Gasteiger partial charge >= 0.3 is 0 Å². The molecule has 2 aromatic carbocycles. The summed E-state index contributed by atoms with van der Waals surface area (Å²) < 4.78 is 19.1. The highest BCUT2D eigenvalue weighted by Crippen LogP contribution is 2.30. The van der Waals surface area contributed by atoms with E-state index in [-0.39, 0.29) is 24.1 Å². The number of rotatable bonds is 6. The van der Waals surface area contributed by atoms with Crippen molar-refractivity contribution in [2.75, 3.05) is 25.5 Å². The molecule has 2 amide bonds. The van der Waals surface area contributed by atoms with Crippen LogP contribution in [0.15, 0.2) is 42.5 Å². The van der Waals surface area contributed by atoms with Crippen molar-refractivity contribution in [2.24, 2.45) is 5.92 Å². The summed E-state index contributed by atoms with van der Waals surface area (Å²) in [6.07, 6.45) is 0.814. The van der Waals surface area contributed by atoms with Crippen molar-refractivity contribution in [3.05, 3.63) is 53.8 Å². The first kappa shape index (κ1) is 19.3. The Morgan fingerprint density at radius 3 is 2.86 bits per heavy atom. The number of likely N-dealkylation sites (tertiary alicyclic amines) is 1. The van der Waals surface area contributed by atoms with Crippen LogP contribution in [-0.2, 0) is 16.0 Å². The Balaban J connectivity index is 1.35. The van der Waals surface area contributed by atoms with E-state index >= 15 is 0 Å². The highest BCUT2D eigenvalue weighted by atomic mass is 32.1. The summed E-state index contributed by atoms with van der Waals surface area (Å²) in [6.45, 7) is 0.889. The number of ether oxygens (including phenoxy) is 1. The average Bonchev–Trinajstić information content (AvgIpc) is 3.29. The van der Waals surface area contributed by atoms with Gasteiger partial charge in [0.05, 0.1) is 23.2 Å². The van der Waals surface area contributed by atoms with E-state index in [1.807, 2.05) is 18.2 Å². The van der Waals surface area contributed by atoms with Crippen LogP contribution < -0.4 is 10.1 Å². The van der Waals surface area contributed by atoms with E-state index in [0.717, 1.165) is 21.5 Å². The molecule has 1 aliphatic rings. The number of benzene rings is 2. The molecule has 0 spiro atoms. The smallest absolute Gasteiger partial charge is 0.231 e. The van der Waals surface area contributed by atoms with Crippen molar-refractivity contribution in [1.29, 1.82) is 0 Å². The molecule has 3 aromatic rings. The number of amides is 2. The summed E-state index contributed by atoms with van der Waals surface area (Å²) in [5.74, 6) is -0.194. The SMILES string of the molecule is COc1ccc2nc(NC(=O)[C@H]3CC(=O)N(CCc4ccc(F)cc4)C3)sc2c1. The summed E-state index contributed by atoms with van der Waals surface area (Å²) in [5.41, 5.74) is 1.74. The summed E-state index contributed by atoms with van der Waals surface area (Å²) >= 11 is 1.37. The number of carbonyl (C=O) groups excluding carboxylic acids is 2. The molecular weight excluding hydrogens is 393 g/mol. The second kappa shape index (κ2) is 8.16. The number of thiazole rings is 1. The van der Waals surface area contributed by atoms with Crippen LogP contribution in [0.25, 0.3) is 10.2 Å². The molecule has 1 atom stereocenters. The number of nitrogens with one attached hydrogen (secondary N) is 1. The minimum Gasteiger partial charge on any atom is -0.497 e. The van der Waals surface area contributed by atoms with Crippen molar-refractivity contribution in [3.8, 4) is 5.75 Å². The fourth-order valence-corrected chi connectivity index (χ4v) is 4.27. The van der Waals surface area contributed by atoms with Gasteiger partial charge in [0.15, 0.2) is 5.13 Å². The molecule has 6 nitrogen and oxygen atoms in total. The van der Waals surface area contributed by atoms with Crippen LogP contribution in [0.5, 0.6) is 5.75 Å². The van der Waals surface area contributed by atoms with Crippen molar-refractivity contribution in [2.45, 2.75) is 12.8 Å². The fraction of sp³-hybridized carbons (Fsp3) is 0.286. The van der Waals surface area contributed by atoms with E-state index in [2.05, 4.69) is 10.3 Å². The predicted molar refractivity (Wildman–Crippen MR) is 110 cm³/mol. The van der Waals surface area contributed by atoms with Crippen molar-refractivity contribution in [1.82, 2.24) is 9.88 Å². The Bertz CT molecular complexity index is 1050. The van der Waals surface area contributed by atoms with Crippen LogP contribution in [0.3, 0.4) is 0 Å². The van der Waals surface area contributed by atoms with Crippen LogP contribution >= 0.6 is 11.3 Å². The maximum atomic E-state index is 13.0. The molecule has 0 bridgehead atoms. The van der Waals surface area contributed by atoms with Gasteiger partial charge in [-0.05, 0) is 42.3 Å². The second-order valence-electron chi connectivity index (χ2n) is 6.96. The van der Waals surface area contributed by atoms with Crippen LogP contribution in [-0.4, -0.2) is 41.9 Å². The average molecular weight is 413 g/mol. The Labute approximate surface area is 171 Å². The van der Waals surface area contributed by atoms with E-state index in [0.29, 0.717) is 24.6 Å². The lowest BCUT2D eigenvalue weighted by molar-refractivity contribution is -0.128. The van der Waals surface area contributed by atoms with Gasteiger partial charge in [-0.25, -0.2) is 9.37 Å². The van der Waals surface area contributed by atoms with Crippen LogP contribution in [0, 0.1) is 11.7 Å². The number of carbonyl (C=O) groups is 2. The van der Waals surface area contributed by atoms with E-state index in [9.17, 15) is 14.0 Å². The van der Waals surface area contributed by atoms with Crippen LogP contribution in [0.2, 0.25) is 0 Å². The summed E-state index contributed by atoms with van der Waals surface area (Å²) in [6, 6.07) is 11.8. The standard InChI is InChI=1S/C21H20FN3O3S/c1-28-16-6-7-17-18(11-16)29-21(23-17)24-20(27)14-10-19(26)25(12-14)9-8-13-2-4-15(22)5-3-13/h2-7,11,14H,8-10,12H2,1H3,(H,23,24,27)/t14-/m0/s1. The molecule has 1 saturated heterocycles. The van der Waals surface area contributed by atoms with Gasteiger partial charge in [0, 0.05) is 19.5 Å². The molecule has 0 saturated carbocycles. The second-order valence-corrected chi connectivity index (χ2v) is 7.99. The number of methoxy groups -OCH3 is 1. The first-order valence-corrected chi connectivity index (χ1v) is 10.1. The van der Waals surface area contributed by atoms with Gasteiger partial charge in [-0.15, -0.1) is 0 Å². The highest BCUT2D eigenvalue weighted by Gasteiger charge is 2.34. The first-order chi connectivity index (χ1) is 14.0. The molecule has 2 heterocycles. The fourth-order valence-electron chi connectivity index (χ4n) is 3.37. The van der Waals surface area contributed by atoms with Crippen molar-refractivity contribution < 1.29 is 18.7 Å². The molecular formula is C21H20FN3O3S. The largest absolute Gasteiger partial charge is 0.497 e. The molecule has 0 aliphatic carbocycles. The molecule has 1 aliphatic heterocycles. The van der Waals surface area contributed by atoms with E-state index in [4.69, 9.17) is 4.74 Å². The zero-order chi connectivity index (χ0) is 20.4. The number of halogens is 1. The lowest BCUT2D eigenvalue weighted by atomic mass is 10.1. The van der Waals surface area contributed by atoms with Gasteiger partial charge in [0.1, 0.15) is 11.6 Å². The topological polar surface area (TPSA) is 71.5 Å². The third-order valence-electron chi connectivity index (χ3n) is 4.99. The van der Waals surface area contributed by atoms with E-state index < -0.39 is 5.92 Å². The molecule has 29 heavy (non-hydrogen) atoms. The summed E-state index contributed by atoms with van der Waals surface area (Å²) in [5, 5.41) is 3.35. The van der Waals surface area contributed by atoms with Crippen LogP contribution in [0.4, 0.5) is 9.52 Å². The Kier molecular flexibility index (Phi) is 5.44. The summed E-state index contributed by atoms with van der Waals surface area (Å²) in [4.78, 5) is 31.0. The normalized spacial score (nSPS) is 16.4. The lowest BCUT2D eigenvalue weighted by Gasteiger charge is -2.16. The number of aromatic nitrogens is 1. The number of anilines is 1. The Hall–Kier alpha value is -3.00. The molecule has 8 heteroatoms. The predicted octanol–water partition coefficient (Wildman–Crippen LogP) is 3.47. The minimum atomic E-state index is -0.405. The third-order valence-corrected chi connectivity index (χ3v) is 5.93. The zero-order valence-electron chi connectivity index (χ0n) is 15.9. The van der Waals surface area contributed by atoms with Crippen LogP contribution in [0.1, 0.15) is 12.0 Å². The van der Waals surface area contributed by atoms with Crippen molar-refractivity contribution in [3.63, 3.8) is 0 Å². The quantitative estimate of drug-likeness (QED) is 0.672. The molecule has 150 valence electrons. The number of hydrogen-bond acceptors (Lipinski definition) is 5. The number of nitrogens with zero attached hydrogens (tertiary/aromatic N) is 2. The van der Waals surface area contributed by atoms with Gasteiger partial charge < -0.3 is 15.0 Å².